The van der Waals surface area contributed by atoms with E-state index >= 15 is 0 Å². The molecule has 3 aromatic heterocycles. The monoisotopic (exact) mass is 284 g/mol. The Morgan fingerprint density at radius 1 is 1.19 bits per heavy atom. The first-order valence-electron chi connectivity index (χ1n) is 6.38. The first-order chi connectivity index (χ1) is 10.3. The third-order valence-electron chi connectivity index (χ3n) is 2.72. The minimum absolute atomic E-state index is 0.273. The maximum atomic E-state index is 11.6. The molecule has 3 heterocycles. The minimum Gasteiger partial charge on any atom is -0.459 e. The van der Waals surface area contributed by atoms with E-state index < -0.39 is 0 Å². The van der Waals surface area contributed by atoms with E-state index in [4.69, 9.17) is 8.83 Å². The fraction of sp³-hybridized carbons (Fsp3) is 0.143. The van der Waals surface area contributed by atoms with Gasteiger partial charge >= 0.3 is 0 Å². The zero-order valence-corrected chi connectivity index (χ0v) is 11.0. The zero-order valence-electron chi connectivity index (χ0n) is 11.0. The zero-order chi connectivity index (χ0) is 14.5. The largest absolute Gasteiger partial charge is 0.459 e. The quantitative estimate of drug-likeness (QED) is 0.766. The lowest BCUT2D eigenvalue weighted by molar-refractivity contribution is 0.0926. The van der Waals surface area contributed by atoms with Gasteiger partial charge < -0.3 is 14.2 Å². The van der Waals surface area contributed by atoms with Gasteiger partial charge in [-0.25, -0.2) is 0 Å². The molecule has 0 unspecified atom stereocenters. The van der Waals surface area contributed by atoms with Gasteiger partial charge in [0.15, 0.2) is 5.76 Å². The molecule has 0 aliphatic carbocycles. The predicted molar refractivity (Wildman–Crippen MR) is 72.3 cm³/mol. The molecule has 0 saturated carbocycles. The normalized spacial score (nSPS) is 10.5. The number of nitrogens with one attached hydrogen (secondary N) is 1. The lowest BCUT2D eigenvalue weighted by atomic mass is 10.3. The van der Waals surface area contributed by atoms with Crippen molar-refractivity contribution in [3.63, 3.8) is 0 Å². The van der Waals surface area contributed by atoms with Crippen LogP contribution in [-0.4, -0.2) is 27.6 Å². The second kappa shape index (κ2) is 6.00. The fourth-order valence-electron chi connectivity index (χ4n) is 1.73. The topological polar surface area (TPSA) is 94.1 Å². The van der Waals surface area contributed by atoms with E-state index in [1.165, 1.54) is 6.26 Å². The number of hydrogen-bond donors (Lipinski definition) is 1. The molecule has 3 aromatic rings. The van der Waals surface area contributed by atoms with Crippen LogP contribution in [0.3, 0.4) is 0 Å². The van der Waals surface area contributed by atoms with Crippen LogP contribution in [0.5, 0.6) is 0 Å². The van der Waals surface area contributed by atoms with Gasteiger partial charge in [0, 0.05) is 19.2 Å². The molecule has 0 aliphatic heterocycles. The summed E-state index contributed by atoms with van der Waals surface area (Å²) in [5, 5.41) is 10.6. The number of carbonyl (C=O) groups excluding carboxylic acids is 1. The molecular formula is C14H12N4O3. The van der Waals surface area contributed by atoms with Gasteiger partial charge in [-0.15, -0.1) is 10.2 Å². The van der Waals surface area contributed by atoms with Gasteiger partial charge in [0.2, 0.25) is 5.89 Å². The van der Waals surface area contributed by atoms with Crippen LogP contribution in [-0.2, 0) is 6.42 Å². The van der Waals surface area contributed by atoms with Crippen molar-refractivity contribution in [2.45, 2.75) is 6.42 Å². The van der Waals surface area contributed by atoms with Gasteiger partial charge in [-0.2, -0.15) is 0 Å². The third kappa shape index (κ3) is 3.14. The summed E-state index contributed by atoms with van der Waals surface area (Å²) in [7, 11) is 0. The average Bonchev–Trinajstić information content (AvgIpc) is 3.20. The number of aromatic nitrogens is 3. The number of rotatable bonds is 5. The van der Waals surface area contributed by atoms with Crippen molar-refractivity contribution in [3.05, 3.63) is 54.4 Å². The highest BCUT2D eigenvalue weighted by Crippen LogP contribution is 2.14. The summed E-state index contributed by atoms with van der Waals surface area (Å²) < 4.78 is 10.5. The summed E-state index contributed by atoms with van der Waals surface area (Å²) in [5.74, 6) is 0.803. The number of carbonyl (C=O) groups is 1. The Bertz CT molecular complexity index is 707. The molecule has 7 nitrogen and oxygen atoms in total. The molecule has 106 valence electrons. The molecule has 1 amide bonds. The van der Waals surface area contributed by atoms with Crippen molar-refractivity contribution in [3.8, 4) is 11.6 Å². The molecule has 0 aromatic carbocycles. The maximum Gasteiger partial charge on any atom is 0.286 e. The highest BCUT2D eigenvalue weighted by Gasteiger charge is 2.11. The second-order valence-corrected chi connectivity index (χ2v) is 4.20. The van der Waals surface area contributed by atoms with Crippen molar-refractivity contribution in [1.82, 2.24) is 20.5 Å². The van der Waals surface area contributed by atoms with Crippen LogP contribution in [0.2, 0.25) is 0 Å². The fourth-order valence-corrected chi connectivity index (χ4v) is 1.73. The summed E-state index contributed by atoms with van der Waals surface area (Å²) in [6, 6.07) is 8.70. The Kier molecular flexibility index (Phi) is 3.72. The van der Waals surface area contributed by atoms with Crippen LogP contribution in [0, 0.1) is 0 Å². The van der Waals surface area contributed by atoms with Gasteiger partial charge in [0.25, 0.3) is 11.8 Å². The van der Waals surface area contributed by atoms with Crippen molar-refractivity contribution in [1.29, 1.82) is 0 Å². The Hall–Kier alpha value is -2.96. The Morgan fingerprint density at radius 2 is 2.14 bits per heavy atom. The molecular weight excluding hydrogens is 272 g/mol. The molecule has 0 radical (unpaired) electrons. The van der Waals surface area contributed by atoms with Crippen LogP contribution >= 0.6 is 0 Å². The first-order valence-corrected chi connectivity index (χ1v) is 6.38. The Labute approximate surface area is 120 Å². The van der Waals surface area contributed by atoms with E-state index in [1.807, 2.05) is 12.1 Å². The summed E-state index contributed by atoms with van der Waals surface area (Å²) in [5.41, 5.74) is 0.621. The van der Waals surface area contributed by atoms with Crippen molar-refractivity contribution in [2.75, 3.05) is 6.54 Å². The van der Waals surface area contributed by atoms with Crippen LogP contribution in [0.25, 0.3) is 11.6 Å². The second-order valence-electron chi connectivity index (χ2n) is 4.20. The molecule has 0 atom stereocenters. The SMILES string of the molecule is O=C(NCCc1nnc(-c2ccccn2)o1)c1ccco1. The highest BCUT2D eigenvalue weighted by molar-refractivity contribution is 5.91. The highest BCUT2D eigenvalue weighted by atomic mass is 16.4. The van der Waals surface area contributed by atoms with Crippen molar-refractivity contribution < 1.29 is 13.6 Å². The van der Waals surface area contributed by atoms with Gasteiger partial charge in [0.05, 0.1) is 6.26 Å². The van der Waals surface area contributed by atoms with E-state index in [9.17, 15) is 4.79 Å². The summed E-state index contributed by atoms with van der Waals surface area (Å²) in [6.07, 6.45) is 3.54. The molecule has 0 spiro atoms. The van der Waals surface area contributed by atoms with Gasteiger partial charge in [-0.3, -0.25) is 9.78 Å². The van der Waals surface area contributed by atoms with E-state index in [0.29, 0.717) is 30.4 Å². The average molecular weight is 284 g/mol. The van der Waals surface area contributed by atoms with E-state index in [1.54, 1.807) is 24.4 Å². The van der Waals surface area contributed by atoms with Crippen LogP contribution in [0.15, 0.2) is 51.6 Å². The number of amides is 1. The van der Waals surface area contributed by atoms with Gasteiger partial charge in [0.1, 0.15) is 5.69 Å². The van der Waals surface area contributed by atoms with Gasteiger partial charge in [-0.05, 0) is 24.3 Å². The molecule has 0 bridgehead atoms. The molecule has 1 N–H and O–H groups in total. The standard InChI is InChI=1S/C14H12N4O3/c19-13(11-5-3-9-20-11)16-8-6-12-17-18-14(21-12)10-4-1-2-7-15-10/h1-5,7,9H,6,8H2,(H,16,19). The van der Waals surface area contributed by atoms with Gasteiger partial charge in [-0.1, -0.05) is 6.07 Å². The van der Waals surface area contributed by atoms with Crippen LogP contribution < -0.4 is 5.32 Å². The van der Waals surface area contributed by atoms with Crippen molar-refractivity contribution >= 4 is 5.91 Å². The molecule has 3 rings (SSSR count). The van der Waals surface area contributed by atoms with E-state index in [2.05, 4.69) is 20.5 Å². The maximum absolute atomic E-state index is 11.6. The molecule has 0 aliphatic rings. The first kappa shape index (κ1) is 13.0. The van der Waals surface area contributed by atoms with E-state index in [0.717, 1.165) is 0 Å². The predicted octanol–water partition coefficient (Wildman–Crippen LogP) is 1.70. The summed E-state index contributed by atoms with van der Waals surface area (Å²) in [6.45, 7) is 0.378. The lowest BCUT2D eigenvalue weighted by Gasteiger charge is -1.99. The Balaban J connectivity index is 1.55. The lowest BCUT2D eigenvalue weighted by Crippen LogP contribution is -2.25. The molecule has 21 heavy (non-hydrogen) atoms. The summed E-state index contributed by atoms with van der Waals surface area (Å²) >= 11 is 0. The molecule has 7 heteroatoms. The number of furan rings is 1. The number of hydrogen-bond acceptors (Lipinski definition) is 6. The Morgan fingerprint density at radius 3 is 2.90 bits per heavy atom. The molecule has 0 saturated heterocycles. The van der Waals surface area contributed by atoms with E-state index in [-0.39, 0.29) is 11.7 Å². The van der Waals surface area contributed by atoms with Crippen LogP contribution in [0.4, 0.5) is 0 Å². The minimum atomic E-state index is -0.274. The number of pyridine rings is 1. The molecule has 0 fully saturated rings. The van der Waals surface area contributed by atoms with Crippen molar-refractivity contribution in [2.24, 2.45) is 0 Å². The number of nitrogens with zero attached hydrogens (tertiary/aromatic N) is 3. The van der Waals surface area contributed by atoms with Crippen LogP contribution in [0.1, 0.15) is 16.4 Å². The summed E-state index contributed by atoms with van der Waals surface area (Å²) in [4.78, 5) is 15.8. The smallest absolute Gasteiger partial charge is 0.286 e. The third-order valence-corrected chi connectivity index (χ3v) is 2.72.